The van der Waals surface area contributed by atoms with E-state index in [0.29, 0.717) is 35.8 Å². The smallest absolute Gasteiger partial charge is 0.255 e. The second-order valence-electron chi connectivity index (χ2n) is 6.03. The first-order chi connectivity index (χ1) is 12.5. The maximum absolute atomic E-state index is 12.9. The molecule has 0 aliphatic carbocycles. The van der Waals surface area contributed by atoms with Crippen molar-refractivity contribution in [2.45, 2.75) is 6.42 Å². The Morgan fingerprint density at radius 2 is 1.85 bits per heavy atom. The van der Waals surface area contributed by atoms with E-state index in [-0.39, 0.29) is 10.9 Å². The summed E-state index contributed by atoms with van der Waals surface area (Å²) in [6.07, 6.45) is 0.605. The van der Waals surface area contributed by atoms with Gasteiger partial charge in [-0.25, -0.2) is 0 Å². The molecule has 0 saturated carbocycles. The molecule has 0 aromatic heterocycles. The average molecular weight is 388 g/mol. The minimum atomic E-state index is -0.157. The molecule has 0 atom stereocenters. The molecule has 0 bridgehead atoms. The predicted molar refractivity (Wildman–Crippen MR) is 106 cm³/mol. The van der Waals surface area contributed by atoms with Crippen LogP contribution in [-0.2, 0) is 0 Å². The molecule has 134 valence electrons. The Morgan fingerprint density at radius 1 is 1.12 bits per heavy atom. The third kappa shape index (κ3) is 3.62. The zero-order valence-corrected chi connectivity index (χ0v) is 15.9. The van der Waals surface area contributed by atoms with E-state index >= 15 is 0 Å². The van der Waals surface area contributed by atoms with Gasteiger partial charge in [-0.15, -0.1) is 0 Å². The Morgan fingerprint density at radius 3 is 2.54 bits per heavy atom. The zero-order valence-electron chi connectivity index (χ0n) is 14.4. The number of benzene rings is 2. The van der Waals surface area contributed by atoms with Gasteiger partial charge in [0.1, 0.15) is 0 Å². The van der Waals surface area contributed by atoms with Crippen molar-refractivity contribution in [1.29, 1.82) is 5.41 Å². The molecule has 0 spiro atoms. The van der Waals surface area contributed by atoms with Gasteiger partial charge in [0.2, 0.25) is 0 Å². The normalized spacial score (nSPS) is 14.3. The maximum Gasteiger partial charge on any atom is 0.255 e. The molecule has 1 aliphatic rings. The molecule has 26 heavy (non-hydrogen) atoms. The molecule has 2 aromatic carbocycles. The van der Waals surface area contributed by atoms with Crippen molar-refractivity contribution in [2.24, 2.45) is 0 Å². The molecule has 1 aliphatic heterocycles. The molecular formula is C20H19Cl2N3O. The zero-order chi connectivity index (χ0) is 18.7. The van der Waals surface area contributed by atoms with Crippen LogP contribution < -0.4 is 5.32 Å². The second kappa shape index (κ2) is 7.94. The van der Waals surface area contributed by atoms with E-state index in [1.165, 1.54) is 0 Å². The van der Waals surface area contributed by atoms with Gasteiger partial charge in [-0.2, -0.15) is 0 Å². The number of amides is 1. The van der Waals surface area contributed by atoms with Gasteiger partial charge in [-0.3, -0.25) is 10.2 Å². The van der Waals surface area contributed by atoms with E-state index < -0.39 is 0 Å². The number of nitrogens with one attached hydrogen (secondary N) is 2. The minimum Gasteiger partial charge on any atom is -0.390 e. The van der Waals surface area contributed by atoms with Gasteiger partial charge in [-0.05, 0) is 24.1 Å². The molecule has 4 nitrogen and oxygen atoms in total. The molecule has 1 heterocycles. The number of carbonyl (C=O) groups excluding carboxylic acids is 1. The van der Waals surface area contributed by atoms with E-state index in [1.54, 1.807) is 23.1 Å². The Balaban J connectivity index is 1.85. The molecule has 0 radical (unpaired) electrons. The number of hydrogen-bond acceptors (Lipinski definition) is 3. The highest BCUT2D eigenvalue weighted by molar-refractivity contribution is 6.43. The van der Waals surface area contributed by atoms with Gasteiger partial charge in [0, 0.05) is 24.9 Å². The molecular weight excluding hydrogens is 369 g/mol. The van der Waals surface area contributed by atoms with E-state index in [2.05, 4.69) is 5.32 Å². The molecule has 0 unspecified atom stereocenters. The minimum absolute atomic E-state index is 0.157. The van der Waals surface area contributed by atoms with Crippen LogP contribution in [0.2, 0.25) is 10.0 Å². The summed E-state index contributed by atoms with van der Waals surface area (Å²) in [6.45, 7) is 0.931. The van der Waals surface area contributed by atoms with Crippen molar-refractivity contribution < 1.29 is 4.79 Å². The quantitative estimate of drug-likeness (QED) is 0.764. The largest absolute Gasteiger partial charge is 0.390 e. The van der Waals surface area contributed by atoms with Crippen LogP contribution in [-0.4, -0.2) is 36.7 Å². The van der Waals surface area contributed by atoms with Crippen LogP contribution in [0.15, 0.2) is 59.8 Å². The standard InChI is InChI=1S/C20H19Cl2N3O/c1-24-17-12-25(20(26)15-8-5-9-16(21)18(15)22)11-10-14(17)19(23)13-6-3-2-4-7-13/h2-9,23-24H,10-12H2,1H3. The van der Waals surface area contributed by atoms with E-state index in [0.717, 1.165) is 16.8 Å². The third-order valence-corrected chi connectivity index (χ3v) is 5.30. The lowest BCUT2D eigenvalue weighted by Crippen LogP contribution is -2.41. The topological polar surface area (TPSA) is 56.2 Å². The molecule has 2 aromatic rings. The first-order valence-corrected chi connectivity index (χ1v) is 9.06. The van der Waals surface area contributed by atoms with Gasteiger partial charge < -0.3 is 10.2 Å². The Hall–Kier alpha value is -2.30. The molecule has 2 N–H and O–H groups in total. The van der Waals surface area contributed by atoms with Gasteiger partial charge in [-0.1, -0.05) is 59.6 Å². The molecule has 0 fully saturated rings. The van der Waals surface area contributed by atoms with Crippen molar-refractivity contribution in [2.75, 3.05) is 20.1 Å². The lowest BCUT2D eigenvalue weighted by atomic mass is 9.95. The number of halogens is 2. The number of likely N-dealkylation sites (N-methyl/N-ethyl adjacent to an activating group) is 1. The van der Waals surface area contributed by atoms with Gasteiger partial charge >= 0.3 is 0 Å². The molecule has 0 saturated heterocycles. The van der Waals surface area contributed by atoms with E-state index in [1.807, 2.05) is 37.4 Å². The molecule has 1 amide bonds. The highest BCUT2D eigenvalue weighted by Gasteiger charge is 2.27. The lowest BCUT2D eigenvalue weighted by molar-refractivity contribution is 0.0762. The first kappa shape index (κ1) is 18.5. The first-order valence-electron chi connectivity index (χ1n) is 8.30. The van der Waals surface area contributed by atoms with Gasteiger partial charge in [0.25, 0.3) is 5.91 Å². The van der Waals surface area contributed by atoms with Crippen LogP contribution in [0.1, 0.15) is 22.3 Å². The molecule has 3 rings (SSSR count). The Labute approximate surface area is 162 Å². The van der Waals surface area contributed by atoms with Crippen molar-refractivity contribution >= 4 is 34.8 Å². The Kier molecular flexibility index (Phi) is 5.64. The third-order valence-electron chi connectivity index (χ3n) is 4.48. The summed E-state index contributed by atoms with van der Waals surface area (Å²) in [4.78, 5) is 14.6. The van der Waals surface area contributed by atoms with Crippen LogP contribution in [0.4, 0.5) is 0 Å². The number of nitrogens with zero attached hydrogens (tertiary/aromatic N) is 1. The second-order valence-corrected chi connectivity index (χ2v) is 6.81. The van der Waals surface area contributed by atoms with Crippen molar-refractivity contribution in [3.8, 4) is 0 Å². The van der Waals surface area contributed by atoms with Gasteiger partial charge in [0.15, 0.2) is 0 Å². The number of hydrogen-bond donors (Lipinski definition) is 2. The summed E-state index contributed by atoms with van der Waals surface area (Å²) in [7, 11) is 1.81. The fourth-order valence-corrected chi connectivity index (χ4v) is 3.44. The van der Waals surface area contributed by atoms with Gasteiger partial charge in [0.05, 0.1) is 27.9 Å². The predicted octanol–water partition coefficient (Wildman–Crippen LogP) is 4.38. The average Bonchev–Trinajstić information content (AvgIpc) is 2.69. The monoisotopic (exact) mass is 387 g/mol. The summed E-state index contributed by atoms with van der Waals surface area (Å²) in [5.41, 5.74) is 3.56. The highest BCUT2D eigenvalue weighted by atomic mass is 35.5. The fourth-order valence-electron chi connectivity index (χ4n) is 3.06. The summed E-state index contributed by atoms with van der Waals surface area (Å²) in [6, 6.07) is 14.7. The van der Waals surface area contributed by atoms with Crippen molar-refractivity contribution in [3.63, 3.8) is 0 Å². The maximum atomic E-state index is 12.9. The van der Waals surface area contributed by atoms with Crippen LogP contribution in [0.3, 0.4) is 0 Å². The SMILES string of the molecule is CNC1=C(C(=N)c2ccccc2)CCN(C(=O)c2cccc(Cl)c2Cl)C1. The summed E-state index contributed by atoms with van der Waals surface area (Å²) < 4.78 is 0. The molecule has 6 heteroatoms. The summed E-state index contributed by atoms with van der Waals surface area (Å²) in [5, 5.41) is 12.3. The van der Waals surface area contributed by atoms with Crippen LogP contribution in [0, 0.1) is 5.41 Å². The summed E-state index contributed by atoms with van der Waals surface area (Å²) >= 11 is 12.2. The lowest BCUT2D eigenvalue weighted by Gasteiger charge is -2.31. The van der Waals surface area contributed by atoms with Crippen molar-refractivity contribution in [1.82, 2.24) is 10.2 Å². The summed E-state index contributed by atoms with van der Waals surface area (Å²) in [5.74, 6) is -0.157. The van der Waals surface area contributed by atoms with Crippen LogP contribution >= 0.6 is 23.2 Å². The number of rotatable bonds is 4. The number of carbonyl (C=O) groups is 1. The van der Waals surface area contributed by atoms with E-state index in [4.69, 9.17) is 28.6 Å². The van der Waals surface area contributed by atoms with E-state index in [9.17, 15) is 4.79 Å². The Bertz CT molecular complexity index is 878. The van der Waals surface area contributed by atoms with Crippen LogP contribution in [0.25, 0.3) is 0 Å². The van der Waals surface area contributed by atoms with Crippen molar-refractivity contribution in [3.05, 3.63) is 81.0 Å². The highest BCUT2D eigenvalue weighted by Crippen LogP contribution is 2.28. The fraction of sp³-hybridized carbons (Fsp3) is 0.200. The van der Waals surface area contributed by atoms with Crippen LogP contribution in [0.5, 0.6) is 0 Å².